The molecule has 1 aliphatic rings. The van der Waals surface area contributed by atoms with Gasteiger partial charge in [0.25, 0.3) is 5.91 Å². The standard InChI is InChI=1S/C34H39BrFN3O6/c1-33(2,3)45-29(41)17-19-34(32(42)39-37-20-18-23-9-13-25(36)14-10-23)30(27-7-4-5-8-28(27)35)44-31(38-34)24-11-15-26(16-12-24)43-22-6-21-40/h4-5,7-16,30,37,40H,6,17-22H2,1-3H3,(H,39,42)/t30-,34-/m0/s1. The minimum absolute atomic E-state index is 0.00520. The van der Waals surface area contributed by atoms with Gasteiger partial charge in [0.2, 0.25) is 5.90 Å². The van der Waals surface area contributed by atoms with Crippen LogP contribution < -0.4 is 15.6 Å². The molecule has 0 saturated heterocycles. The fourth-order valence-electron chi connectivity index (χ4n) is 4.83. The monoisotopic (exact) mass is 683 g/mol. The van der Waals surface area contributed by atoms with Crippen molar-refractivity contribution in [3.8, 4) is 5.75 Å². The van der Waals surface area contributed by atoms with Crippen LogP contribution in [-0.2, 0) is 25.5 Å². The normalized spacial score (nSPS) is 17.7. The Labute approximate surface area is 271 Å². The van der Waals surface area contributed by atoms with Crippen molar-refractivity contribution < 1.29 is 33.3 Å². The number of hydrogen-bond donors (Lipinski definition) is 3. The van der Waals surface area contributed by atoms with Gasteiger partial charge in [0.1, 0.15) is 17.2 Å². The minimum atomic E-state index is -1.55. The number of aliphatic hydroxyl groups excluding tert-OH is 1. The molecule has 45 heavy (non-hydrogen) atoms. The molecule has 1 amide bonds. The van der Waals surface area contributed by atoms with Gasteiger partial charge in [-0.2, -0.15) is 0 Å². The molecule has 4 rings (SSSR count). The zero-order valence-electron chi connectivity index (χ0n) is 25.6. The Morgan fingerprint density at radius 3 is 2.44 bits per heavy atom. The lowest BCUT2D eigenvalue weighted by Gasteiger charge is -2.31. The molecule has 0 unspecified atom stereocenters. The highest BCUT2D eigenvalue weighted by Gasteiger charge is 2.54. The third-order valence-corrected chi connectivity index (χ3v) is 7.72. The lowest BCUT2D eigenvalue weighted by Crippen LogP contribution is -2.53. The van der Waals surface area contributed by atoms with E-state index in [-0.39, 0.29) is 31.2 Å². The number of halogens is 2. The molecule has 0 spiro atoms. The second kappa shape index (κ2) is 15.5. The van der Waals surface area contributed by atoms with E-state index in [1.165, 1.54) is 12.1 Å². The smallest absolute Gasteiger partial charge is 0.306 e. The molecule has 2 atom stereocenters. The number of rotatable bonds is 14. The number of nitrogens with zero attached hydrogens (tertiary/aromatic N) is 1. The van der Waals surface area contributed by atoms with Crippen molar-refractivity contribution in [1.82, 2.24) is 10.9 Å². The number of amides is 1. The molecule has 1 aliphatic heterocycles. The fraction of sp³-hybridized carbons (Fsp3) is 0.382. The maximum absolute atomic E-state index is 14.2. The Morgan fingerprint density at radius 2 is 1.78 bits per heavy atom. The maximum atomic E-state index is 14.2. The average Bonchev–Trinajstić information content (AvgIpc) is 3.39. The predicted molar refractivity (Wildman–Crippen MR) is 172 cm³/mol. The van der Waals surface area contributed by atoms with E-state index in [9.17, 15) is 14.0 Å². The molecule has 0 bridgehead atoms. The number of carbonyl (C=O) groups is 2. The Balaban J connectivity index is 1.65. The van der Waals surface area contributed by atoms with E-state index in [4.69, 9.17) is 24.3 Å². The highest BCUT2D eigenvalue weighted by molar-refractivity contribution is 9.10. The van der Waals surface area contributed by atoms with E-state index in [0.717, 1.165) is 10.0 Å². The number of hydrogen-bond acceptors (Lipinski definition) is 8. The van der Waals surface area contributed by atoms with Crippen LogP contribution in [0.2, 0.25) is 0 Å². The number of ether oxygens (including phenoxy) is 3. The lowest BCUT2D eigenvalue weighted by molar-refractivity contribution is -0.155. The average molecular weight is 685 g/mol. The Bertz CT molecular complexity index is 1480. The molecule has 0 aromatic heterocycles. The molecule has 0 aliphatic carbocycles. The van der Waals surface area contributed by atoms with Crippen LogP contribution in [0.1, 0.15) is 62.8 Å². The molecular formula is C34H39BrFN3O6. The number of aliphatic hydroxyl groups is 1. The molecule has 11 heteroatoms. The molecule has 9 nitrogen and oxygen atoms in total. The SMILES string of the molecule is CC(C)(C)OC(=O)CC[C@]1(C(=O)NNCCc2ccc(F)cc2)N=C(c2ccc(OCCCO)cc2)O[C@H]1c1ccccc1Br. The summed E-state index contributed by atoms with van der Waals surface area (Å²) in [7, 11) is 0. The van der Waals surface area contributed by atoms with Gasteiger partial charge in [-0.3, -0.25) is 15.0 Å². The van der Waals surface area contributed by atoms with Crippen LogP contribution in [0, 0.1) is 5.82 Å². The Kier molecular flexibility index (Phi) is 11.7. The number of aliphatic imine (C=N–C) groups is 1. The first-order valence-corrected chi connectivity index (χ1v) is 15.6. The molecule has 3 aromatic rings. The maximum Gasteiger partial charge on any atom is 0.306 e. The van der Waals surface area contributed by atoms with Crippen LogP contribution in [0.3, 0.4) is 0 Å². The van der Waals surface area contributed by atoms with E-state index in [1.807, 2.05) is 24.3 Å². The first-order chi connectivity index (χ1) is 21.5. The van der Waals surface area contributed by atoms with Gasteiger partial charge < -0.3 is 19.3 Å². The zero-order valence-corrected chi connectivity index (χ0v) is 27.2. The van der Waals surface area contributed by atoms with Crippen LogP contribution >= 0.6 is 15.9 Å². The van der Waals surface area contributed by atoms with Crippen molar-refractivity contribution in [2.75, 3.05) is 19.8 Å². The summed E-state index contributed by atoms with van der Waals surface area (Å²) >= 11 is 3.61. The van der Waals surface area contributed by atoms with Gasteiger partial charge in [0, 0.05) is 41.6 Å². The Hall–Kier alpha value is -3.80. The van der Waals surface area contributed by atoms with Crippen LogP contribution in [0.4, 0.5) is 4.39 Å². The second-order valence-corrected chi connectivity index (χ2v) is 12.5. The topological polar surface area (TPSA) is 118 Å². The van der Waals surface area contributed by atoms with Crippen molar-refractivity contribution in [3.63, 3.8) is 0 Å². The molecule has 0 fully saturated rings. The van der Waals surface area contributed by atoms with Gasteiger partial charge in [-0.15, -0.1) is 0 Å². The van der Waals surface area contributed by atoms with Gasteiger partial charge in [-0.1, -0.05) is 46.3 Å². The van der Waals surface area contributed by atoms with Crippen molar-refractivity contribution in [1.29, 1.82) is 0 Å². The highest BCUT2D eigenvalue weighted by atomic mass is 79.9. The zero-order chi connectivity index (χ0) is 32.5. The predicted octanol–water partition coefficient (Wildman–Crippen LogP) is 5.59. The molecule has 0 saturated carbocycles. The summed E-state index contributed by atoms with van der Waals surface area (Å²) in [5.74, 6) is -0.401. The van der Waals surface area contributed by atoms with E-state index in [0.29, 0.717) is 42.9 Å². The molecule has 3 aromatic carbocycles. The fourth-order valence-corrected chi connectivity index (χ4v) is 5.32. The van der Waals surface area contributed by atoms with Crippen LogP contribution in [0.15, 0.2) is 82.3 Å². The van der Waals surface area contributed by atoms with Gasteiger partial charge >= 0.3 is 5.97 Å². The summed E-state index contributed by atoms with van der Waals surface area (Å²) in [4.78, 5) is 32.0. The first kappa shape index (κ1) is 34.1. The van der Waals surface area contributed by atoms with E-state index < -0.39 is 29.1 Å². The quantitative estimate of drug-likeness (QED) is 0.115. The van der Waals surface area contributed by atoms with E-state index in [2.05, 4.69) is 26.8 Å². The van der Waals surface area contributed by atoms with Gasteiger partial charge in [-0.25, -0.2) is 14.8 Å². The van der Waals surface area contributed by atoms with Crippen LogP contribution in [-0.4, -0.2) is 53.8 Å². The molecular weight excluding hydrogens is 645 g/mol. The van der Waals surface area contributed by atoms with Gasteiger partial charge in [0.15, 0.2) is 11.6 Å². The summed E-state index contributed by atoms with van der Waals surface area (Å²) in [6.07, 6.45) is 0.0874. The van der Waals surface area contributed by atoms with Crippen molar-refractivity contribution in [2.24, 2.45) is 4.99 Å². The first-order valence-electron chi connectivity index (χ1n) is 14.9. The minimum Gasteiger partial charge on any atom is -0.494 e. The highest BCUT2D eigenvalue weighted by Crippen LogP contribution is 2.45. The van der Waals surface area contributed by atoms with Crippen molar-refractivity contribution in [2.45, 2.75) is 63.7 Å². The van der Waals surface area contributed by atoms with Crippen molar-refractivity contribution in [3.05, 3.63) is 99.8 Å². The van der Waals surface area contributed by atoms with Crippen LogP contribution in [0.5, 0.6) is 5.75 Å². The second-order valence-electron chi connectivity index (χ2n) is 11.7. The number of nitrogens with one attached hydrogen (secondary N) is 2. The summed E-state index contributed by atoms with van der Waals surface area (Å²) in [5, 5.41) is 9.03. The van der Waals surface area contributed by atoms with E-state index >= 15 is 0 Å². The number of benzene rings is 3. The molecule has 3 N–H and O–H groups in total. The van der Waals surface area contributed by atoms with Crippen LogP contribution in [0.25, 0.3) is 0 Å². The largest absolute Gasteiger partial charge is 0.494 e. The van der Waals surface area contributed by atoms with Gasteiger partial charge in [-0.05, 0) is 81.6 Å². The summed E-state index contributed by atoms with van der Waals surface area (Å²) < 4.78 is 31.7. The number of esters is 1. The van der Waals surface area contributed by atoms with Gasteiger partial charge in [0.05, 0.1) is 6.61 Å². The summed E-state index contributed by atoms with van der Waals surface area (Å²) in [6, 6.07) is 20.7. The molecule has 0 radical (unpaired) electrons. The van der Waals surface area contributed by atoms with Crippen molar-refractivity contribution >= 4 is 33.7 Å². The third kappa shape index (κ3) is 9.35. The molecule has 240 valence electrons. The molecule has 1 heterocycles. The van der Waals surface area contributed by atoms with E-state index in [1.54, 1.807) is 57.2 Å². The summed E-state index contributed by atoms with van der Waals surface area (Å²) in [6.45, 7) is 6.14. The summed E-state index contributed by atoms with van der Waals surface area (Å²) in [5.41, 5.74) is 5.72. The third-order valence-electron chi connectivity index (χ3n) is 7.00. The number of hydrazine groups is 1. The Morgan fingerprint density at radius 1 is 1.07 bits per heavy atom. The lowest BCUT2D eigenvalue weighted by atomic mass is 9.83. The number of carbonyl (C=O) groups excluding carboxylic acids is 2.